The molecule has 0 fully saturated rings. The molecule has 2 aromatic rings. The van der Waals surface area contributed by atoms with Crippen LogP contribution in [0.2, 0.25) is 10.0 Å². The first-order chi connectivity index (χ1) is 8.27. The van der Waals surface area contributed by atoms with Crippen LogP contribution in [-0.4, -0.2) is 4.98 Å². The fourth-order valence-corrected chi connectivity index (χ4v) is 1.90. The van der Waals surface area contributed by atoms with Crippen LogP contribution in [0.1, 0.15) is 11.3 Å². The van der Waals surface area contributed by atoms with Crippen LogP contribution in [0.5, 0.6) is 0 Å². The molecule has 0 aliphatic rings. The Morgan fingerprint density at radius 2 is 1.74 bits per heavy atom. The summed E-state index contributed by atoms with van der Waals surface area (Å²) < 4.78 is 0. The summed E-state index contributed by atoms with van der Waals surface area (Å²) in [6.45, 7) is 1.39. The number of hydrogen-bond donors (Lipinski definition) is 1. The molecule has 0 aliphatic heterocycles. The summed E-state index contributed by atoms with van der Waals surface area (Å²) in [6, 6.07) is 11.5. The highest BCUT2D eigenvalue weighted by Crippen LogP contribution is 2.25. The van der Waals surface area contributed by atoms with Crippen molar-refractivity contribution in [3.63, 3.8) is 0 Å². The average molecular weight is 340 g/mol. The minimum Gasteiger partial charge on any atom is -0.307 e. The van der Waals surface area contributed by atoms with Crippen LogP contribution < -0.4 is 5.32 Å². The normalized spacial score (nSPS) is 9.37. The van der Waals surface area contributed by atoms with E-state index in [1.165, 1.54) is 0 Å². The Morgan fingerprint density at radius 3 is 2.42 bits per heavy atom. The van der Waals surface area contributed by atoms with Crippen LogP contribution in [0.3, 0.4) is 0 Å². The Balaban J connectivity index is 0.00000162. The summed E-state index contributed by atoms with van der Waals surface area (Å²) in [5, 5.41) is 4.48. The third-order valence-electron chi connectivity index (χ3n) is 2.38. The van der Waals surface area contributed by atoms with E-state index in [0.29, 0.717) is 23.1 Å². The molecule has 0 spiro atoms. The maximum atomic E-state index is 6.09. The Hall–Kier alpha value is -0.510. The van der Waals surface area contributed by atoms with E-state index in [0.717, 1.165) is 11.3 Å². The molecule has 0 amide bonds. The molecule has 1 aromatic carbocycles. The van der Waals surface area contributed by atoms with Crippen LogP contribution >= 0.6 is 48.0 Å². The summed E-state index contributed by atoms with van der Waals surface area (Å²) in [4.78, 5) is 4.23. The smallest absolute Gasteiger partial charge is 0.0637 e. The second-order valence-electron chi connectivity index (χ2n) is 3.64. The molecule has 0 radical (unpaired) electrons. The number of pyridine rings is 1. The van der Waals surface area contributed by atoms with Crippen molar-refractivity contribution in [1.82, 2.24) is 10.3 Å². The fourth-order valence-electron chi connectivity index (χ4n) is 1.51. The fraction of sp³-hybridized carbons (Fsp3) is 0.154. The molecular weight excluding hydrogens is 326 g/mol. The molecule has 0 aliphatic carbocycles. The van der Waals surface area contributed by atoms with E-state index >= 15 is 0 Å². The number of nitrogens with one attached hydrogen (secondary N) is 1. The molecule has 19 heavy (non-hydrogen) atoms. The Bertz CT molecular complexity index is 491. The predicted molar refractivity (Wildman–Crippen MR) is 85.7 cm³/mol. The minimum atomic E-state index is 0. The van der Waals surface area contributed by atoms with Gasteiger partial charge in [-0.05, 0) is 23.8 Å². The van der Waals surface area contributed by atoms with Gasteiger partial charge in [0.25, 0.3) is 0 Å². The van der Waals surface area contributed by atoms with E-state index in [1.54, 1.807) is 12.3 Å². The van der Waals surface area contributed by atoms with Crippen molar-refractivity contribution in [2.75, 3.05) is 0 Å². The van der Waals surface area contributed by atoms with Gasteiger partial charge < -0.3 is 5.32 Å². The van der Waals surface area contributed by atoms with Gasteiger partial charge in [0.05, 0.1) is 15.7 Å². The van der Waals surface area contributed by atoms with E-state index in [2.05, 4.69) is 10.3 Å². The molecule has 2 rings (SSSR count). The van der Waals surface area contributed by atoms with Gasteiger partial charge in [-0.2, -0.15) is 0 Å². The van der Waals surface area contributed by atoms with Crippen molar-refractivity contribution >= 4 is 48.0 Å². The summed E-state index contributed by atoms with van der Waals surface area (Å²) in [5.41, 5.74) is 2.00. The van der Waals surface area contributed by atoms with Gasteiger partial charge in [0.1, 0.15) is 0 Å². The summed E-state index contributed by atoms with van der Waals surface area (Å²) >= 11 is 12.0. The molecule has 104 valence electrons. The molecule has 1 N–H and O–H groups in total. The van der Waals surface area contributed by atoms with Crippen LogP contribution in [-0.2, 0) is 13.1 Å². The lowest BCUT2D eigenvalue weighted by Gasteiger charge is -2.07. The van der Waals surface area contributed by atoms with E-state index in [1.807, 2.05) is 30.3 Å². The minimum absolute atomic E-state index is 0. The summed E-state index contributed by atoms with van der Waals surface area (Å²) in [5.74, 6) is 0. The van der Waals surface area contributed by atoms with Gasteiger partial charge in [0, 0.05) is 19.3 Å². The van der Waals surface area contributed by atoms with E-state index in [-0.39, 0.29) is 24.8 Å². The number of nitrogens with zero attached hydrogens (tertiary/aromatic N) is 1. The average Bonchev–Trinajstić information content (AvgIpc) is 2.36. The van der Waals surface area contributed by atoms with Gasteiger partial charge in [0.15, 0.2) is 0 Å². The molecule has 1 aromatic heterocycles. The molecule has 0 bridgehead atoms. The number of rotatable bonds is 4. The topological polar surface area (TPSA) is 24.9 Å². The molecule has 2 nitrogen and oxygen atoms in total. The van der Waals surface area contributed by atoms with Crippen LogP contribution in [0, 0.1) is 0 Å². The Kier molecular flexibility index (Phi) is 9.15. The molecule has 1 heterocycles. The van der Waals surface area contributed by atoms with Crippen molar-refractivity contribution in [1.29, 1.82) is 0 Å². The molecule has 0 atom stereocenters. The number of benzene rings is 1. The van der Waals surface area contributed by atoms with Gasteiger partial charge in [-0.15, -0.1) is 24.8 Å². The zero-order valence-corrected chi connectivity index (χ0v) is 13.1. The molecule has 0 saturated heterocycles. The highest BCUT2D eigenvalue weighted by Gasteiger charge is 2.03. The van der Waals surface area contributed by atoms with Gasteiger partial charge in [-0.25, -0.2) is 0 Å². The quantitative estimate of drug-likeness (QED) is 0.885. The number of aromatic nitrogens is 1. The van der Waals surface area contributed by atoms with Crippen LogP contribution in [0.25, 0.3) is 0 Å². The summed E-state index contributed by atoms with van der Waals surface area (Å²) in [6.07, 6.45) is 1.78. The van der Waals surface area contributed by atoms with E-state index in [9.17, 15) is 0 Å². The van der Waals surface area contributed by atoms with E-state index in [4.69, 9.17) is 23.2 Å². The van der Waals surface area contributed by atoms with Crippen LogP contribution in [0.4, 0.5) is 0 Å². The monoisotopic (exact) mass is 338 g/mol. The molecule has 6 heteroatoms. The largest absolute Gasteiger partial charge is 0.307 e. The first-order valence-corrected chi connectivity index (χ1v) is 6.06. The Labute approximate surface area is 135 Å². The van der Waals surface area contributed by atoms with Crippen molar-refractivity contribution in [2.24, 2.45) is 0 Å². The first kappa shape index (κ1) is 18.5. The van der Waals surface area contributed by atoms with Gasteiger partial charge in [0.2, 0.25) is 0 Å². The SMILES string of the molecule is Cl.Cl.Clc1cccc(CNCc2ccccn2)c1Cl. The van der Waals surface area contributed by atoms with E-state index < -0.39 is 0 Å². The second kappa shape index (κ2) is 9.40. The van der Waals surface area contributed by atoms with Gasteiger partial charge in [-0.1, -0.05) is 41.4 Å². The number of halogens is 4. The Morgan fingerprint density at radius 1 is 0.947 bits per heavy atom. The molecule has 0 unspecified atom stereocenters. The standard InChI is InChI=1S/C13H12Cl2N2.2ClH/c14-12-6-3-4-10(13(12)15)8-16-9-11-5-1-2-7-17-11;;/h1-7,16H,8-9H2;2*1H. The van der Waals surface area contributed by atoms with Crippen molar-refractivity contribution in [3.05, 3.63) is 63.9 Å². The van der Waals surface area contributed by atoms with Crippen molar-refractivity contribution < 1.29 is 0 Å². The molecular formula is C13H14Cl4N2. The van der Waals surface area contributed by atoms with Gasteiger partial charge >= 0.3 is 0 Å². The third-order valence-corrected chi connectivity index (χ3v) is 3.24. The van der Waals surface area contributed by atoms with Crippen molar-refractivity contribution in [3.8, 4) is 0 Å². The zero-order chi connectivity index (χ0) is 12.1. The number of hydrogen-bond acceptors (Lipinski definition) is 2. The van der Waals surface area contributed by atoms with Crippen molar-refractivity contribution in [2.45, 2.75) is 13.1 Å². The molecule has 0 saturated carbocycles. The highest BCUT2D eigenvalue weighted by atomic mass is 35.5. The van der Waals surface area contributed by atoms with Gasteiger partial charge in [-0.3, -0.25) is 4.98 Å². The maximum absolute atomic E-state index is 6.09. The lowest BCUT2D eigenvalue weighted by Crippen LogP contribution is -2.13. The summed E-state index contributed by atoms with van der Waals surface area (Å²) in [7, 11) is 0. The van der Waals surface area contributed by atoms with Crippen LogP contribution in [0.15, 0.2) is 42.6 Å². The zero-order valence-electron chi connectivity index (χ0n) is 9.98. The highest BCUT2D eigenvalue weighted by molar-refractivity contribution is 6.42. The predicted octanol–water partition coefficient (Wildman–Crippen LogP) is 4.52. The maximum Gasteiger partial charge on any atom is 0.0637 e. The lowest BCUT2D eigenvalue weighted by atomic mass is 10.2. The third kappa shape index (κ3) is 5.55. The second-order valence-corrected chi connectivity index (χ2v) is 4.42. The first-order valence-electron chi connectivity index (χ1n) is 5.31. The lowest BCUT2D eigenvalue weighted by molar-refractivity contribution is 0.680.